The molecule has 3 N–H and O–H groups in total. The van der Waals surface area contributed by atoms with E-state index in [0.29, 0.717) is 34.4 Å². The Balaban J connectivity index is 0.00000240. The zero-order chi connectivity index (χ0) is 19.7. The molecular formula is C21H24Cl2N4O2. The van der Waals surface area contributed by atoms with Gasteiger partial charge in [-0.2, -0.15) is 0 Å². The molecule has 4 rings (SSSR count). The topological polar surface area (TPSA) is 88.3 Å². The van der Waals surface area contributed by atoms with Crippen molar-refractivity contribution in [2.75, 3.05) is 11.1 Å². The van der Waals surface area contributed by atoms with Crippen LogP contribution in [0.3, 0.4) is 0 Å². The number of hydrogen-bond acceptors (Lipinski definition) is 4. The molecule has 1 saturated carbocycles. The number of nitrogens with two attached hydrogens (primary N) is 1. The van der Waals surface area contributed by atoms with Crippen molar-refractivity contribution in [2.45, 2.75) is 44.2 Å². The van der Waals surface area contributed by atoms with Gasteiger partial charge >= 0.3 is 0 Å². The maximum Gasteiger partial charge on any atom is 0.254 e. The van der Waals surface area contributed by atoms with Crippen molar-refractivity contribution in [1.82, 2.24) is 9.88 Å². The third kappa shape index (κ3) is 4.49. The number of fused-ring (bicyclic) bond motifs is 1. The average molecular weight is 435 g/mol. The number of rotatable bonds is 3. The summed E-state index contributed by atoms with van der Waals surface area (Å²) in [5, 5.41) is 3.48. The van der Waals surface area contributed by atoms with Crippen LogP contribution in [0.4, 0.5) is 11.5 Å². The SMILES string of the molecule is Cl.Nc1ccc(NC(=O)C2CC3CCCCC3N2C(=O)c2ccc(Cl)cc2)cn1. The number of nitrogen functional groups attached to an aromatic ring is 1. The molecule has 6 nitrogen and oxygen atoms in total. The van der Waals surface area contributed by atoms with Crippen LogP contribution in [-0.4, -0.2) is 33.8 Å². The highest BCUT2D eigenvalue weighted by Gasteiger charge is 2.47. The van der Waals surface area contributed by atoms with Crippen LogP contribution < -0.4 is 11.1 Å². The van der Waals surface area contributed by atoms with Crippen molar-refractivity contribution >= 4 is 47.3 Å². The maximum atomic E-state index is 13.3. The van der Waals surface area contributed by atoms with Gasteiger partial charge in [0.05, 0.1) is 11.9 Å². The lowest BCUT2D eigenvalue weighted by Crippen LogP contribution is -2.47. The molecule has 29 heavy (non-hydrogen) atoms. The molecule has 154 valence electrons. The van der Waals surface area contributed by atoms with Crippen molar-refractivity contribution in [3.05, 3.63) is 53.2 Å². The fourth-order valence-corrected chi connectivity index (χ4v) is 4.56. The molecule has 8 heteroatoms. The van der Waals surface area contributed by atoms with Crippen LogP contribution >= 0.6 is 24.0 Å². The van der Waals surface area contributed by atoms with Crippen molar-refractivity contribution in [3.63, 3.8) is 0 Å². The summed E-state index contributed by atoms with van der Waals surface area (Å²) < 4.78 is 0. The molecular weight excluding hydrogens is 411 g/mol. The normalized spacial score (nSPS) is 23.1. The minimum absolute atomic E-state index is 0. The van der Waals surface area contributed by atoms with Gasteiger partial charge in [-0.15, -0.1) is 12.4 Å². The lowest BCUT2D eigenvalue weighted by atomic mass is 9.84. The summed E-state index contributed by atoms with van der Waals surface area (Å²) in [4.78, 5) is 32.2. The lowest BCUT2D eigenvalue weighted by Gasteiger charge is -2.33. The van der Waals surface area contributed by atoms with Crippen LogP contribution in [-0.2, 0) is 4.79 Å². The summed E-state index contributed by atoms with van der Waals surface area (Å²) in [7, 11) is 0. The fourth-order valence-electron chi connectivity index (χ4n) is 4.43. The predicted molar refractivity (Wildman–Crippen MR) is 116 cm³/mol. The smallest absolute Gasteiger partial charge is 0.254 e. The molecule has 1 aliphatic heterocycles. The molecule has 2 aromatic rings. The summed E-state index contributed by atoms with van der Waals surface area (Å²) in [6, 6.07) is 9.83. The van der Waals surface area contributed by atoms with Gasteiger partial charge in [0.2, 0.25) is 5.91 Å². The number of carbonyl (C=O) groups is 2. The van der Waals surface area contributed by atoms with Crippen molar-refractivity contribution in [3.8, 4) is 0 Å². The Morgan fingerprint density at radius 3 is 2.52 bits per heavy atom. The first kappa shape index (κ1) is 21.4. The lowest BCUT2D eigenvalue weighted by molar-refractivity contribution is -0.120. The number of nitrogens with zero attached hydrogens (tertiary/aromatic N) is 2. The fraction of sp³-hybridized carbons (Fsp3) is 0.381. The Kier molecular flexibility index (Phi) is 6.65. The van der Waals surface area contributed by atoms with Crippen LogP contribution in [0.2, 0.25) is 5.02 Å². The Morgan fingerprint density at radius 2 is 1.83 bits per heavy atom. The van der Waals surface area contributed by atoms with Gasteiger partial charge in [0.15, 0.2) is 0 Å². The standard InChI is InChI=1S/C21H23ClN4O2.ClH/c22-15-7-5-13(6-8-15)21(28)26-17-4-2-1-3-14(17)11-18(26)20(27)25-16-9-10-19(23)24-12-16;/h5-10,12,14,17-18H,1-4,11H2,(H2,23,24)(H,25,27);1H. The molecule has 2 amide bonds. The van der Waals surface area contributed by atoms with E-state index in [-0.39, 0.29) is 30.3 Å². The number of likely N-dealkylation sites (tertiary alicyclic amines) is 1. The number of aromatic nitrogens is 1. The molecule has 1 aromatic carbocycles. The number of nitrogens with one attached hydrogen (secondary N) is 1. The van der Waals surface area contributed by atoms with Crippen molar-refractivity contribution in [2.24, 2.45) is 5.92 Å². The predicted octanol–water partition coefficient (Wildman–Crippen LogP) is 4.15. The van der Waals surface area contributed by atoms with Gasteiger partial charge in [0.25, 0.3) is 5.91 Å². The van der Waals surface area contributed by atoms with E-state index in [2.05, 4.69) is 10.3 Å². The molecule has 0 spiro atoms. The van der Waals surface area contributed by atoms with E-state index in [0.717, 1.165) is 25.7 Å². The van der Waals surface area contributed by atoms with Gasteiger partial charge in [-0.3, -0.25) is 9.59 Å². The van der Waals surface area contributed by atoms with Crippen LogP contribution in [0.1, 0.15) is 42.5 Å². The molecule has 1 aromatic heterocycles. The molecule has 0 radical (unpaired) electrons. The molecule has 1 aliphatic carbocycles. The molecule has 2 aliphatic rings. The molecule has 2 heterocycles. The first-order valence-electron chi connectivity index (χ1n) is 9.63. The van der Waals surface area contributed by atoms with E-state index in [4.69, 9.17) is 17.3 Å². The first-order chi connectivity index (χ1) is 13.5. The van der Waals surface area contributed by atoms with E-state index < -0.39 is 6.04 Å². The minimum Gasteiger partial charge on any atom is -0.384 e. The van der Waals surface area contributed by atoms with E-state index in [1.165, 1.54) is 6.20 Å². The van der Waals surface area contributed by atoms with E-state index in [1.54, 1.807) is 41.3 Å². The number of pyridine rings is 1. The number of amides is 2. The van der Waals surface area contributed by atoms with Crippen LogP contribution in [0.5, 0.6) is 0 Å². The Hall–Kier alpha value is -2.31. The highest BCUT2D eigenvalue weighted by molar-refractivity contribution is 6.30. The quantitative estimate of drug-likeness (QED) is 0.758. The molecule has 3 unspecified atom stereocenters. The Morgan fingerprint density at radius 1 is 1.10 bits per heavy atom. The summed E-state index contributed by atoms with van der Waals surface area (Å²) in [6.45, 7) is 0. The minimum atomic E-state index is -0.492. The van der Waals surface area contributed by atoms with Crippen LogP contribution in [0.25, 0.3) is 0 Å². The van der Waals surface area contributed by atoms with E-state index in [9.17, 15) is 9.59 Å². The van der Waals surface area contributed by atoms with Gasteiger partial charge in [0, 0.05) is 16.6 Å². The largest absolute Gasteiger partial charge is 0.384 e. The van der Waals surface area contributed by atoms with E-state index >= 15 is 0 Å². The third-order valence-electron chi connectivity index (χ3n) is 5.77. The number of carbonyl (C=O) groups excluding carboxylic acids is 2. The number of hydrogen-bond donors (Lipinski definition) is 2. The summed E-state index contributed by atoms with van der Waals surface area (Å²) >= 11 is 5.96. The summed E-state index contributed by atoms with van der Waals surface area (Å²) in [5.41, 5.74) is 6.74. The molecule has 3 atom stereocenters. The van der Waals surface area contributed by atoms with Crippen LogP contribution in [0, 0.1) is 5.92 Å². The highest BCUT2D eigenvalue weighted by Crippen LogP contribution is 2.41. The van der Waals surface area contributed by atoms with Gasteiger partial charge in [-0.1, -0.05) is 24.4 Å². The van der Waals surface area contributed by atoms with Crippen molar-refractivity contribution in [1.29, 1.82) is 0 Å². The number of halogens is 2. The monoisotopic (exact) mass is 434 g/mol. The van der Waals surface area contributed by atoms with Gasteiger partial charge < -0.3 is 16.0 Å². The van der Waals surface area contributed by atoms with E-state index in [1.807, 2.05) is 0 Å². The average Bonchev–Trinajstić information content (AvgIpc) is 3.09. The van der Waals surface area contributed by atoms with Gasteiger partial charge in [0.1, 0.15) is 11.9 Å². The zero-order valence-corrected chi connectivity index (χ0v) is 17.5. The first-order valence-corrected chi connectivity index (χ1v) is 10.0. The highest BCUT2D eigenvalue weighted by atomic mass is 35.5. The molecule has 0 bridgehead atoms. The third-order valence-corrected chi connectivity index (χ3v) is 6.02. The molecule has 2 fully saturated rings. The molecule has 1 saturated heterocycles. The summed E-state index contributed by atoms with van der Waals surface area (Å²) in [6.07, 6.45) is 6.46. The summed E-state index contributed by atoms with van der Waals surface area (Å²) in [5.74, 6) is 0.472. The Bertz CT molecular complexity index is 873. The van der Waals surface area contributed by atoms with Crippen molar-refractivity contribution < 1.29 is 9.59 Å². The second kappa shape index (κ2) is 9.01. The maximum absolute atomic E-state index is 13.3. The number of anilines is 2. The Labute approximate surface area is 181 Å². The van der Waals surface area contributed by atoms with Gasteiger partial charge in [-0.05, 0) is 61.6 Å². The zero-order valence-electron chi connectivity index (χ0n) is 15.9. The second-order valence-electron chi connectivity index (χ2n) is 7.54. The van der Waals surface area contributed by atoms with Crippen LogP contribution in [0.15, 0.2) is 42.6 Å². The second-order valence-corrected chi connectivity index (χ2v) is 7.98. The number of benzene rings is 1. The van der Waals surface area contributed by atoms with Gasteiger partial charge in [-0.25, -0.2) is 4.98 Å².